The van der Waals surface area contributed by atoms with Crippen LogP contribution in [-0.4, -0.2) is 67.3 Å². The van der Waals surface area contributed by atoms with E-state index < -0.39 is 21.4 Å². The van der Waals surface area contributed by atoms with Crippen LogP contribution >= 0.6 is 0 Å². The molecule has 1 N–H and O–H groups in total. The Kier molecular flexibility index (Phi) is 7.22. The van der Waals surface area contributed by atoms with Crippen molar-refractivity contribution in [3.05, 3.63) is 60.4 Å². The van der Waals surface area contributed by atoms with Gasteiger partial charge in [0.05, 0.1) is 11.6 Å². The second-order valence-electron chi connectivity index (χ2n) is 10.2. The van der Waals surface area contributed by atoms with Crippen LogP contribution in [0.4, 0.5) is 10.1 Å². The molecule has 2 heterocycles. The quantitative estimate of drug-likeness (QED) is 0.623. The number of anilines is 1. The molecule has 198 valence electrons. The van der Waals surface area contributed by atoms with Gasteiger partial charge in [0.2, 0.25) is 21.8 Å². The summed E-state index contributed by atoms with van der Waals surface area (Å²) in [6.45, 7) is 0.553. The monoisotopic (exact) mass is 528 g/mol. The van der Waals surface area contributed by atoms with Crippen LogP contribution in [0.2, 0.25) is 0 Å². The van der Waals surface area contributed by atoms with Crippen LogP contribution in [0.1, 0.15) is 44.9 Å². The maximum absolute atomic E-state index is 13.9. The highest BCUT2D eigenvalue weighted by molar-refractivity contribution is 7.89. The zero-order chi connectivity index (χ0) is 26.0. The summed E-state index contributed by atoms with van der Waals surface area (Å²) in [5, 5.41) is 3.10. The largest absolute Gasteiger partial charge is 0.352 e. The van der Waals surface area contributed by atoms with Gasteiger partial charge < -0.3 is 15.1 Å². The number of para-hydroxylation sites is 1. The van der Waals surface area contributed by atoms with E-state index in [-0.39, 0.29) is 49.1 Å². The average molecular weight is 529 g/mol. The highest BCUT2D eigenvalue weighted by atomic mass is 32.2. The second-order valence-corrected chi connectivity index (χ2v) is 12.1. The number of carbonyl (C=O) groups is 2. The molecule has 0 radical (unpaired) electrons. The van der Waals surface area contributed by atoms with Crippen LogP contribution in [0.15, 0.2) is 59.5 Å². The van der Waals surface area contributed by atoms with Gasteiger partial charge in [0.15, 0.2) is 0 Å². The highest BCUT2D eigenvalue weighted by Gasteiger charge is 2.55. The number of piperidine rings is 1. The van der Waals surface area contributed by atoms with Crippen LogP contribution in [0.3, 0.4) is 0 Å². The number of carbonyl (C=O) groups excluding carboxylic acids is 2. The first kappa shape index (κ1) is 25.7. The number of hydrogen-bond acceptors (Lipinski definition) is 5. The SMILES string of the molecule is O=C(CN1CN(c2ccccc2)C2(CCN(S(=O)(=O)c3ccc(F)cc3)CC2)C1=O)NC1CCCCC1. The molecule has 2 aliphatic heterocycles. The molecule has 0 atom stereocenters. The van der Waals surface area contributed by atoms with Gasteiger partial charge in [-0.1, -0.05) is 37.5 Å². The van der Waals surface area contributed by atoms with Gasteiger partial charge in [0.1, 0.15) is 17.9 Å². The zero-order valence-electron chi connectivity index (χ0n) is 20.8. The summed E-state index contributed by atoms with van der Waals surface area (Å²) in [7, 11) is -3.81. The predicted octanol–water partition coefficient (Wildman–Crippen LogP) is 3.10. The Bertz CT molecular complexity index is 1220. The van der Waals surface area contributed by atoms with Crippen LogP contribution in [0.5, 0.6) is 0 Å². The van der Waals surface area contributed by atoms with Crippen molar-refractivity contribution < 1.29 is 22.4 Å². The molecular weight excluding hydrogens is 495 g/mol. The van der Waals surface area contributed by atoms with E-state index in [9.17, 15) is 22.4 Å². The van der Waals surface area contributed by atoms with Crippen molar-refractivity contribution in [3.8, 4) is 0 Å². The van der Waals surface area contributed by atoms with Gasteiger partial charge in [0.25, 0.3) is 0 Å². The molecular formula is C27H33FN4O4S. The molecule has 2 saturated heterocycles. The number of benzene rings is 2. The molecule has 1 aliphatic carbocycles. The summed E-state index contributed by atoms with van der Waals surface area (Å²) in [5.41, 5.74) is -0.0674. The Balaban J connectivity index is 1.34. The second kappa shape index (κ2) is 10.4. The lowest BCUT2D eigenvalue weighted by Gasteiger charge is -2.42. The maximum atomic E-state index is 13.9. The van der Waals surface area contributed by atoms with Crippen LogP contribution < -0.4 is 10.2 Å². The van der Waals surface area contributed by atoms with Crippen molar-refractivity contribution >= 4 is 27.5 Å². The minimum absolute atomic E-state index is 0.0159. The molecule has 0 bridgehead atoms. The Morgan fingerprint density at radius 2 is 1.62 bits per heavy atom. The molecule has 1 saturated carbocycles. The van der Waals surface area contributed by atoms with E-state index in [0.29, 0.717) is 12.8 Å². The lowest BCUT2D eigenvalue weighted by atomic mass is 9.86. The summed E-state index contributed by atoms with van der Waals surface area (Å²) in [4.78, 5) is 30.3. The Hall–Kier alpha value is -2.98. The number of nitrogens with zero attached hydrogens (tertiary/aromatic N) is 3. The molecule has 0 aromatic heterocycles. The standard InChI is InChI=1S/C27H33FN4O4S/c28-21-11-13-24(14-12-21)37(35,36)31-17-15-27(16-18-31)26(34)30(20-32(27)23-9-5-2-6-10-23)19-25(33)29-22-7-3-1-4-8-22/h2,5-6,9-14,22H,1,3-4,7-8,15-20H2,(H,29,33). The summed E-state index contributed by atoms with van der Waals surface area (Å²) in [6.07, 6.45) is 5.94. The van der Waals surface area contributed by atoms with Gasteiger partial charge in [-0.15, -0.1) is 0 Å². The highest BCUT2D eigenvalue weighted by Crippen LogP contribution is 2.40. The number of sulfonamides is 1. The topological polar surface area (TPSA) is 90.0 Å². The van der Waals surface area contributed by atoms with E-state index in [1.807, 2.05) is 35.2 Å². The third-order valence-corrected chi connectivity index (χ3v) is 9.80. The fraction of sp³-hybridized carbons (Fsp3) is 0.481. The third kappa shape index (κ3) is 5.09. The molecule has 1 spiro atoms. The Morgan fingerprint density at radius 1 is 0.973 bits per heavy atom. The molecule has 8 nitrogen and oxygen atoms in total. The van der Waals surface area contributed by atoms with Gasteiger partial charge in [0, 0.05) is 24.8 Å². The van der Waals surface area contributed by atoms with Gasteiger partial charge in [-0.05, 0) is 62.1 Å². The van der Waals surface area contributed by atoms with Crippen molar-refractivity contribution in [1.29, 1.82) is 0 Å². The van der Waals surface area contributed by atoms with Crippen molar-refractivity contribution in [2.75, 3.05) is 31.2 Å². The molecule has 3 aliphatic rings. The van der Waals surface area contributed by atoms with E-state index in [1.54, 1.807) is 4.90 Å². The summed E-state index contributed by atoms with van der Waals surface area (Å²) < 4.78 is 41.1. The molecule has 10 heteroatoms. The first-order chi connectivity index (χ1) is 17.8. The van der Waals surface area contributed by atoms with Crippen molar-refractivity contribution in [3.63, 3.8) is 0 Å². The van der Waals surface area contributed by atoms with E-state index in [2.05, 4.69) is 5.32 Å². The van der Waals surface area contributed by atoms with Crippen LogP contribution in [0.25, 0.3) is 0 Å². The number of halogens is 1. The number of nitrogens with one attached hydrogen (secondary N) is 1. The van der Waals surface area contributed by atoms with E-state index >= 15 is 0 Å². The van der Waals surface area contributed by atoms with Gasteiger partial charge >= 0.3 is 0 Å². The van der Waals surface area contributed by atoms with E-state index in [1.165, 1.54) is 22.9 Å². The smallest absolute Gasteiger partial charge is 0.250 e. The molecule has 37 heavy (non-hydrogen) atoms. The lowest BCUT2D eigenvalue weighted by Crippen LogP contribution is -2.57. The van der Waals surface area contributed by atoms with E-state index in [0.717, 1.165) is 43.5 Å². The molecule has 3 fully saturated rings. The van der Waals surface area contributed by atoms with E-state index in [4.69, 9.17) is 0 Å². The summed E-state index contributed by atoms with van der Waals surface area (Å²) in [6, 6.07) is 14.5. The van der Waals surface area contributed by atoms with Crippen LogP contribution in [0, 0.1) is 5.82 Å². The van der Waals surface area contributed by atoms with Crippen molar-refractivity contribution in [1.82, 2.24) is 14.5 Å². The Labute approximate surface area is 217 Å². The van der Waals surface area contributed by atoms with Gasteiger partial charge in [-0.3, -0.25) is 9.59 Å². The third-order valence-electron chi connectivity index (χ3n) is 7.89. The fourth-order valence-corrected chi connectivity index (χ4v) is 7.31. The number of hydrogen-bond donors (Lipinski definition) is 1. The molecule has 0 unspecified atom stereocenters. The minimum atomic E-state index is -3.81. The predicted molar refractivity (Wildman–Crippen MR) is 138 cm³/mol. The fourth-order valence-electron chi connectivity index (χ4n) is 5.87. The maximum Gasteiger partial charge on any atom is 0.250 e. The average Bonchev–Trinajstić information content (AvgIpc) is 3.16. The lowest BCUT2D eigenvalue weighted by molar-refractivity contribution is -0.137. The van der Waals surface area contributed by atoms with Crippen LogP contribution in [-0.2, 0) is 19.6 Å². The minimum Gasteiger partial charge on any atom is -0.352 e. The Morgan fingerprint density at radius 3 is 2.27 bits per heavy atom. The van der Waals surface area contributed by atoms with Crippen molar-refractivity contribution in [2.24, 2.45) is 0 Å². The summed E-state index contributed by atoms with van der Waals surface area (Å²) >= 11 is 0. The molecule has 2 aromatic rings. The molecule has 2 aromatic carbocycles. The number of amides is 2. The van der Waals surface area contributed by atoms with Crippen molar-refractivity contribution in [2.45, 2.75) is 61.4 Å². The van der Waals surface area contributed by atoms with Gasteiger partial charge in [-0.25, -0.2) is 12.8 Å². The molecule has 5 rings (SSSR count). The molecule has 2 amide bonds. The number of rotatable bonds is 6. The summed E-state index contributed by atoms with van der Waals surface area (Å²) in [5.74, 6) is -0.796. The zero-order valence-corrected chi connectivity index (χ0v) is 21.6. The normalized spacial score (nSPS) is 20.9. The first-order valence-corrected chi connectivity index (χ1v) is 14.4. The van der Waals surface area contributed by atoms with Gasteiger partial charge in [-0.2, -0.15) is 4.31 Å². The first-order valence-electron chi connectivity index (χ1n) is 13.0.